The van der Waals surface area contributed by atoms with Gasteiger partial charge >= 0.3 is 5.97 Å². The van der Waals surface area contributed by atoms with E-state index in [1.165, 1.54) is 25.4 Å². The molecular weight excluding hydrogens is 242 g/mol. The van der Waals surface area contributed by atoms with Crippen LogP contribution in [-0.4, -0.2) is 38.5 Å². The molecule has 0 amide bonds. The second kappa shape index (κ2) is 7.84. The molecule has 1 heterocycles. The molecule has 0 radical (unpaired) electrons. The Bertz CT molecular complexity index is 407. The third kappa shape index (κ3) is 4.95. The van der Waals surface area contributed by atoms with Gasteiger partial charge in [0, 0.05) is 18.8 Å². The van der Waals surface area contributed by atoms with Crippen LogP contribution in [0.2, 0.25) is 0 Å². The van der Waals surface area contributed by atoms with Crippen LogP contribution in [0.15, 0.2) is 12.5 Å². The van der Waals surface area contributed by atoms with Crippen molar-refractivity contribution in [1.29, 1.82) is 0 Å². The fourth-order valence-electron chi connectivity index (χ4n) is 1.94. The van der Waals surface area contributed by atoms with Gasteiger partial charge in [-0.3, -0.25) is 4.90 Å². The summed E-state index contributed by atoms with van der Waals surface area (Å²) in [5, 5.41) is 9.13. The largest absolute Gasteiger partial charge is 0.478 e. The number of carboxylic acids is 1. The predicted molar refractivity (Wildman–Crippen MR) is 74.1 cm³/mol. The average Bonchev–Trinajstić information content (AvgIpc) is 2.38. The minimum Gasteiger partial charge on any atom is -0.478 e. The molecule has 0 saturated carbocycles. The molecule has 1 rings (SSSR count). The summed E-state index contributed by atoms with van der Waals surface area (Å²) < 4.78 is 0. The first kappa shape index (κ1) is 15.6. The van der Waals surface area contributed by atoms with Crippen LogP contribution in [0.5, 0.6) is 0 Å². The summed E-state index contributed by atoms with van der Waals surface area (Å²) in [5.74, 6) is -0.965. The third-order valence-corrected chi connectivity index (χ3v) is 3.16. The minimum atomic E-state index is -0.965. The van der Waals surface area contributed by atoms with Crippen molar-refractivity contribution >= 4 is 5.97 Å². The molecule has 1 aromatic heterocycles. The summed E-state index contributed by atoms with van der Waals surface area (Å²) in [4.78, 5) is 21.3. The zero-order valence-corrected chi connectivity index (χ0v) is 12.0. The van der Waals surface area contributed by atoms with E-state index in [9.17, 15) is 4.79 Å². The molecule has 0 bridgehead atoms. The number of unbranched alkanes of at least 4 members (excludes halogenated alkanes) is 2. The van der Waals surface area contributed by atoms with E-state index in [-0.39, 0.29) is 5.56 Å². The number of hydrogen-bond acceptors (Lipinski definition) is 4. The van der Waals surface area contributed by atoms with Crippen LogP contribution in [0.4, 0.5) is 0 Å². The van der Waals surface area contributed by atoms with Crippen molar-refractivity contribution in [1.82, 2.24) is 14.9 Å². The molecule has 0 unspecified atom stereocenters. The topological polar surface area (TPSA) is 66.3 Å². The first-order chi connectivity index (χ1) is 9.06. The van der Waals surface area contributed by atoms with Gasteiger partial charge in [0.25, 0.3) is 0 Å². The highest BCUT2D eigenvalue weighted by atomic mass is 16.4. The van der Waals surface area contributed by atoms with Crippen molar-refractivity contribution in [2.45, 2.75) is 52.6 Å². The number of aromatic nitrogens is 2. The molecule has 0 aromatic carbocycles. The Hall–Kier alpha value is -1.49. The number of rotatable bonds is 8. The summed E-state index contributed by atoms with van der Waals surface area (Å²) in [6.45, 7) is 7.94. The van der Waals surface area contributed by atoms with Gasteiger partial charge in [0.15, 0.2) is 0 Å². The molecular formula is C14H23N3O2. The van der Waals surface area contributed by atoms with Crippen molar-refractivity contribution in [3.05, 3.63) is 23.8 Å². The Morgan fingerprint density at radius 2 is 2.16 bits per heavy atom. The predicted octanol–water partition coefficient (Wildman–Crippen LogP) is 2.58. The summed E-state index contributed by atoms with van der Waals surface area (Å²) >= 11 is 0. The van der Waals surface area contributed by atoms with Crippen molar-refractivity contribution < 1.29 is 9.90 Å². The van der Waals surface area contributed by atoms with Crippen molar-refractivity contribution in [2.24, 2.45) is 0 Å². The van der Waals surface area contributed by atoms with Gasteiger partial charge in [-0.25, -0.2) is 14.8 Å². The summed E-state index contributed by atoms with van der Waals surface area (Å²) in [7, 11) is 0. The molecule has 19 heavy (non-hydrogen) atoms. The van der Waals surface area contributed by atoms with Gasteiger partial charge in [-0.05, 0) is 26.8 Å². The molecule has 1 N–H and O–H groups in total. The van der Waals surface area contributed by atoms with Gasteiger partial charge < -0.3 is 5.11 Å². The van der Waals surface area contributed by atoms with Gasteiger partial charge in [-0.15, -0.1) is 0 Å². The van der Waals surface area contributed by atoms with Crippen LogP contribution in [0.3, 0.4) is 0 Å². The normalized spacial score (nSPS) is 11.2. The standard InChI is InChI=1S/C14H23N3O2/c1-4-5-6-7-17(11(2)3)9-13-12(14(18)19)8-15-10-16-13/h8,10-11H,4-7,9H2,1-3H3,(H,18,19). The molecule has 0 spiro atoms. The van der Waals surface area contributed by atoms with E-state index in [1.807, 2.05) is 0 Å². The van der Waals surface area contributed by atoms with E-state index < -0.39 is 5.97 Å². The van der Waals surface area contributed by atoms with E-state index in [0.717, 1.165) is 13.0 Å². The quantitative estimate of drug-likeness (QED) is 0.732. The lowest BCUT2D eigenvalue weighted by Crippen LogP contribution is -2.32. The van der Waals surface area contributed by atoms with Crippen LogP contribution < -0.4 is 0 Å². The van der Waals surface area contributed by atoms with Gasteiger partial charge in [0.1, 0.15) is 11.9 Å². The molecule has 5 heteroatoms. The van der Waals surface area contributed by atoms with Crippen LogP contribution in [0.25, 0.3) is 0 Å². The molecule has 5 nitrogen and oxygen atoms in total. The lowest BCUT2D eigenvalue weighted by molar-refractivity contribution is 0.0692. The van der Waals surface area contributed by atoms with Crippen LogP contribution in [0, 0.1) is 0 Å². The zero-order valence-electron chi connectivity index (χ0n) is 12.0. The summed E-state index contributed by atoms with van der Waals surface area (Å²) in [6, 6.07) is 0.369. The maximum atomic E-state index is 11.1. The van der Waals surface area contributed by atoms with Crippen molar-refractivity contribution in [2.75, 3.05) is 6.54 Å². The average molecular weight is 265 g/mol. The van der Waals surface area contributed by atoms with E-state index in [2.05, 4.69) is 35.6 Å². The molecule has 0 fully saturated rings. The highest BCUT2D eigenvalue weighted by Gasteiger charge is 2.16. The smallest absolute Gasteiger partial charge is 0.339 e. The Labute approximate surface area is 114 Å². The number of nitrogens with zero attached hydrogens (tertiary/aromatic N) is 3. The third-order valence-electron chi connectivity index (χ3n) is 3.16. The highest BCUT2D eigenvalue weighted by Crippen LogP contribution is 2.11. The molecule has 0 aliphatic rings. The SMILES string of the molecule is CCCCCN(Cc1ncncc1C(=O)O)C(C)C. The molecule has 0 aliphatic carbocycles. The van der Waals surface area contributed by atoms with Crippen LogP contribution >= 0.6 is 0 Å². The van der Waals surface area contributed by atoms with E-state index in [0.29, 0.717) is 18.3 Å². The van der Waals surface area contributed by atoms with Crippen molar-refractivity contribution in [3.63, 3.8) is 0 Å². The molecule has 106 valence electrons. The van der Waals surface area contributed by atoms with Gasteiger partial charge in [-0.1, -0.05) is 19.8 Å². The molecule has 0 saturated heterocycles. The Morgan fingerprint density at radius 1 is 1.42 bits per heavy atom. The Balaban J connectivity index is 2.76. The monoisotopic (exact) mass is 265 g/mol. The van der Waals surface area contributed by atoms with Crippen molar-refractivity contribution in [3.8, 4) is 0 Å². The summed E-state index contributed by atoms with van der Waals surface area (Å²) in [5.41, 5.74) is 0.788. The second-order valence-electron chi connectivity index (χ2n) is 4.96. The Morgan fingerprint density at radius 3 is 2.74 bits per heavy atom. The fourth-order valence-corrected chi connectivity index (χ4v) is 1.94. The fraction of sp³-hybridized carbons (Fsp3) is 0.643. The highest BCUT2D eigenvalue weighted by molar-refractivity contribution is 5.88. The Kier molecular flexibility index (Phi) is 6.42. The first-order valence-corrected chi connectivity index (χ1v) is 6.82. The van der Waals surface area contributed by atoms with Gasteiger partial charge in [-0.2, -0.15) is 0 Å². The minimum absolute atomic E-state index is 0.198. The number of hydrogen-bond donors (Lipinski definition) is 1. The molecule has 0 atom stereocenters. The molecule has 0 aliphatic heterocycles. The second-order valence-corrected chi connectivity index (χ2v) is 4.96. The van der Waals surface area contributed by atoms with E-state index >= 15 is 0 Å². The lowest BCUT2D eigenvalue weighted by Gasteiger charge is -2.26. The zero-order chi connectivity index (χ0) is 14.3. The van der Waals surface area contributed by atoms with E-state index in [4.69, 9.17) is 5.11 Å². The summed E-state index contributed by atoms with van der Waals surface area (Å²) in [6.07, 6.45) is 6.28. The number of aromatic carboxylic acids is 1. The van der Waals surface area contributed by atoms with Crippen LogP contribution in [-0.2, 0) is 6.54 Å². The lowest BCUT2D eigenvalue weighted by atomic mass is 10.1. The van der Waals surface area contributed by atoms with Gasteiger partial charge in [0.05, 0.1) is 5.69 Å². The maximum Gasteiger partial charge on any atom is 0.339 e. The maximum absolute atomic E-state index is 11.1. The number of carbonyl (C=O) groups is 1. The van der Waals surface area contributed by atoms with Gasteiger partial charge in [0.2, 0.25) is 0 Å². The van der Waals surface area contributed by atoms with Crippen LogP contribution in [0.1, 0.15) is 56.1 Å². The van der Waals surface area contributed by atoms with E-state index in [1.54, 1.807) is 0 Å². The first-order valence-electron chi connectivity index (χ1n) is 6.82. The molecule has 1 aromatic rings. The number of carboxylic acid groups (broad SMARTS) is 1.